The zero-order valence-electron chi connectivity index (χ0n) is 6.79. The van der Waals surface area contributed by atoms with E-state index in [-0.39, 0.29) is 0 Å². The van der Waals surface area contributed by atoms with Crippen LogP contribution in [0.2, 0.25) is 0 Å². The van der Waals surface area contributed by atoms with Gasteiger partial charge in [-0.05, 0) is 13.3 Å². The minimum Gasteiger partial charge on any atom is -0.377 e. The molecule has 0 aromatic heterocycles. The zero-order valence-corrected chi connectivity index (χ0v) is 7.60. The van der Waals surface area contributed by atoms with Crippen molar-refractivity contribution >= 4 is 11.8 Å². The molecule has 0 aromatic rings. The summed E-state index contributed by atoms with van der Waals surface area (Å²) in [7, 11) is 0. The number of ether oxygens (including phenoxy) is 2. The molecule has 2 aliphatic rings. The van der Waals surface area contributed by atoms with Crippen LogP contribution < -0.4 is 0 Å². The molecule has 2 fully saturated rings. The molecule has 0 spiro atoms. The predicted octanol–water partition coefficient (Wildman–Crippen LogP) is 1.30. The van der Waals surface area contributed by atoms with Crippen LogP contribution in [0.5, 0.6) is 0 Å². The highest BCUT2D eigenvalue weighted by Crippen LogP contribution is 2.29. The van der Waals surface area contributed by atoms with Crippen LogP contribution in [0.1, 0.15) is 13.3 Å². The molecule has 11 heavy (non-hydrogen) atoms. The Bertz CT molecular complexity index is 136. The van der Waals surface area contributed by atoms with Gasteiger partial charge in [0.15, 0.2) is 0 Å². The van der Waals surface area contributed by atoms with E-state index < -0.39 is 0 Å². The molecule has 0 bridgehead atoms. The summed E-state index contributed by atoms with van der Waals surface area (Å²) >= 11 is 2.01. The minimum atomic E-state index is 0.457. The van der Waals surface area contributed by atoms with Crippen molar-refractivity contribution in [3.05, 3.63) is 0 Å². The van der Waals surface area contributed by atoms with Gasteiger partial charge in [-0.1, -0.05) is 0 Å². The third-order valence-electron chi connectivity index (χ3n) is 2.21. The van der Waals surface area contributed by atoms with Crippen molar-refractivity contribution in [3.63, 3.8) is 0 Å². The van der Waals surface area contributed by atoms with Crippen LogP contribution >= 0.6 is 11.8 Å². The van der Waals surface area contributed by atoms with Gasteiger partial charge in [0.05, 0.1) is 18.8 Å². The van der Waals surface area contributed by atoms with Gasteiger partial charge in [0, 0.05) is 17.6 Å². The average Bonchev–Trinajstić information content (AvgIpc) is 2.73. The van der Waals surface area contributed by atoms with Crippen molar-refractivity contribution in [3.8, 4) is 0 Å². The SMILES string of the molecule is CC1OCCC1SC[C@@H]1CO1. The summed E-state index contributed by atoms with van der Waals surface area (Å²) < 4.78 is 10.6. The highest BCUT2D eigenvalue weighted by Gasteiger charge is 2.29. The summed E-state index contributed by atoms with van der Waals surface area (Å²) in [5, 5.41) is 0.721. The van der Waals surface area contributed by atoms with Crippen molar-refractivity contribution in [1.82, 2.24) is 0 Å². The lowest BCUT2D eigenvalue weighted by Gasteiger charge is -2.11. The quantitative estimate of drug-likeness (QED) is 0.602. The lowest BCUT2D eigenvalue weighted by atomic mass is 10.3. The molecule has 0 saturated carbocycles. The van der Waals surface area contributed by atoms with E-state index in [1.54, 1.807) is 0 Å². The fraction of sp³-hybridized carbons (Fsp3) is 1.00. The Morgan fingerprint density at radius 2 is 2.27 bits per heavy atom. The van der Waals surface area contributed by atoms with E-state index in [0.717, 1.165) is 18.5 Å². The first kappa shape index (κ1) is 7.90. The second-order valence-corrected chi connectivity index (χ2v) is 4.46. The smallest absolute Gasteiger partial charge is 0.0900 e. The molecule has 0 aromatic carbocycles. The van der Waals surface area contributed by atoms with Gasteiger partial charge in [-0.25, -0.2) is 0 Å². The van der Waals surface area contributed by atoms with E-state index in [0.29, 0.717) is 12.2 Å². The Balaban J connectivity index is 1.67. The Morgan fingerprint density at radius 1 is 1.45 bits per heavy atom. The minimum absolute atomic E-state index is 0.457. The van der Waals surface area contributed by atoms with Gasteiger partial charge in [-0.2, -0.15) is 11.8 Å². The summed E-state index contributed by atoms with van der Waals surface area (Å²) in [5.41, 5.74) is 0. The molecular formula is C8H14O2S. The first-order chi connectivity index (χ1) is 5.36. The molecule has 3 atom stereocenters. The second-order valence-electron chi connectivity index (χ2n) is 3.19. The van der Waals surface area contributed by atoms with Crippen LogP contribution in [0.3, 0.4) is 0 Å². The third kappa shape index (κ3) is 2.10. The van der Waals surface area contributed by atoms with Gasteiger partial charge >= 0.3 is 0 Å². The van der Waals surface area contributed by atoms with Crippen molar-refractivity contribution in [2.75, 3.05) is 19.0 Å². The highest BCUT2D eigenvalue weighted by atomic mass is 32.2. The average molecular weight is 174 g/mol. The number of rotatable bonds is 3. The fourth-order valence-corrected chi connectivity index (χ4v) is 2.59. The highest BCUT2D eigenvalue weighted by molar-refractivity contribution is 8.00. The Labute approximate surface area is 71.6 Å². The van der Waals surface area contributed by atoms with Crippen LogP contribution in [-0.2, 0) is 9.47 Å². The molecule has 0 N–H and O–H groups in total. The molecule has 0 aliphatic carbocycles. The molecule has 2 aliphatic heterocycles. The summed E-state index contributed by atoms with van der Waals surface area (Å²) in [5.74, 6) is 1.17. The van der Waals surface area contributed by atoms with Gasteiger partial charge in [-0.15, -0.1) is 0 Å². The van der Waals surface area contributed by atoms with Crippen molar-refractivity contribution in [1.29, 1.82) is 0 Å². The molecule has 2 rings (SSSR count). The summed E-state index contributed by atoms with van der Waals surface area (Å²) in [6.45, 7) is 4.09. The maximum atomic E-state index is 5.46. The fourth-order valence-electron chi connectivity index (χ4n) is 1.33. The third-order valence-corrected chi connectivity index (χ3v) is 3.82. The van der Waals surface area contributed by atoms with E-state index in [1.165, 1.54) is 12.2 Å². The van der Waals surface area contributed by atoms with Crippen LogP contribution in [-0.4, -0.2) is 36.4 Å². The first-order valence-electron chi connectivity index (χ1n) is 4.21. The number of hydrogen-bond donors (Lipinski definition) is 0. The summed E-state index contributed by atoms with van der Waals surface area (Å²) in [6.07, 6.45) is 2.24. The van der Waals surface area contributed by atoms with Crippen molar-refractivity contribution < 1.29 is 9.47 Å². The van der Waals surface area contributed by atoms with Crippen LogP contribution in [0.4, 0.5) is 0 Å². The van der Waals surface area contributed by atoms with Gasteiger partial charge in [0.25, 0.3) is 0 Å². The largest absolute Gasteiger partial charge is 0.377 e. The monoisotopic (exact) mass is 174 g/mol. The molecule has 64 valence electrons. The van der Waals surface area contributed by atoms with Crippen molar-refractivity contribution in [2.24, 2.45) is 0 Å². The van der Waals surface area contributed by atoms with E-state index >= 15 is 0 Å². The summed E-state index contributed by atoms with van der Waals surface area (Å²) in [4.78, 5) is 0. The second kappa shape index (κ2) is 3.33. The standard InChI is InChI=1S/C8H14O2S/c1-6-8(2-3-9-6)11-5-7-4-10-7/h6-8H,2-5H2,1H3/t6?,7-,8?/m0/s1. The maximum absolute atomic E-state index is 5.46. The van der Waals surface area contributed by atoms with E-state index in [2.05, 4.69) is 6.92 Å². The van der Waals surface area contributed by atoms with Crippen LogP contribution in [0.25, 0.3) is 0 Å². The van der Waals surface area contributed by atoms with Gasteiger partial charge in [0.1, 0.15) is 0 Å². The van der Waals surface area contributed by atoms with Gasteiger partial charge < -0.3 is 9.47 Å². The molecular weight excluding hydrogens is 160 g/mol. The number of thioether (sulfide) groups is 1. The molecule has 2 unspecified atom stereocenters. The molecule has 3 heteroatoms. The van der Waals surface area contributed by atoms with Crippen molar-refractivity contribution in [2.45, 2.75) is 30.8 Å². The number of epoxide rings is 1. The Morgan fingerprint density at radius 3 is 2.82 bits per heavy atom. The van der Waals surface area contributed by atoms with E-state index in [4.69, 9.17) is 9.47 Å². The molecule has 0 radical (unpaired) electrons. The lowest BCUT2D eigenvalue weighted by molar-refractivity contribution is 0.127. The van der Waals surface area contributed by atoms with Gasteiger partial charge in [0.2, 0.25) is 0 Å². The lowest BCUT2D eigenvalue weighted by Crippen LogP contribution is -2.14. The topological polar surface area (TPSA) is 21.8 Å². The molecule has 2 saturated heterocycles. The van der Waals surface area contributed by atoms with E-state index in [1.807, 2.05) is 11.8 Å². The Hall–Kier alpha value is 0.270. The molecule has 0 amide bonds. The van der Waals surface area contributed by atoms with Crippen LogP contribution in [0, 0.1) is 0 Å². The van der Waals surface area contributed by atoms with E-state index in [9.17, 15) is 0 Å². The zero-order chi connectivity index (χ0) is 7.68. The predicted molar refractivity (Wildman–Crippen MR) is 46.0 cm³/mol. The maximum Gasteiger partial charge on any atom is 0.0900 e. The number of hydrogen-bond acceptors (Lipinski definition) is 3. The van der Waals surface area contributed by atoms with Gasteiger partial charge in [-0.3, -0.25) is 0 Å². The molecule has 2 nitrogen and oxygen atoms in total. The Kier molecular flexibility index (Phi) is 2.39. The first-order valence-corrected chi connectivity index (χ1v) is 5.26. The molecule has 2 heterocycles. The summed E-state index contributed by atoms with van der Waals surface area (Å²) in [6, 6.07) is 0. The van der Waals surface area contributed by atoms with Crippen LogP contribution in [0.15, 0.2) is 0 Å². The normalized spacial score (nSPS) is 42.8.